The molecular weight excluding hydrogens is 192 g/mol. The molecular formula is C11H16N2O2. The van der Waals surface area contributed by atoms with Gasteiger partial charge in [0.25, 0.3) is 0 Å². The van der Waals surface area contributed by atoms with Gasteiger partial charge in [-0.15, -0.1) is 0 Å². The van der Waals surface area contributed by atoms with E-state index in [1.54, 1.807) is 7.11 Å². The van der Waals surface area contributed by atoms with Crippen LogP contribution in [0.2, 0.25) is 0 Å². The summed E-state index contributed by atoms with van der Waals surface area (Å²) >= 11 is 0. The number of carbonyl (C=O) groups is 1. The molecule has 4 heteroatoms. The molecule has 0 radical (unpaired) electrons. The molecule has 0 saturated carbocycles. The third-order valence-electron chi connectivity index (χ3n) is 2.10. The Hall–Kier alpha value is -1.55. The first kappa shape index (κ1) is 11.5. The lowest BCUT2D eigenvalue weighted by Gasteiger charge is -2.10. The molecule has 0 heterocycles. The van der Waals surface area contributed by atoms with Gasteiger partial charge in [-0.3, -0.25) is 4.79 Å². The summed E-state index contributed by atoms with van der Waals surface area (Å²) in [6.45, 7) is 2.45. The molecule has 1 rings (SSSR count). The van der Waals surface area contributed by atoms with Crippen LogP contribution in [0.15, 0.2) is 18.2 Å². The zero-order chi connectivity index (χ0) is 11.3. The molecule has 0 bridgehead atoms. The number of amides is 1. The summed E-state index contributed by atoms with van der Waals surface area (Å²) in [5.41, 5.74) is 7.28. The van der Waals surface area contributed by atoms with E-state index in [1.165, 1.54) is 0 Å². The van der Waals surface area contributed by atoms with E-state index in [0.29, 0.717) is 6.54 Å². The van der Waals surface area contributed by atoms with Crippen molar-refractivity contribution >= 4 is 5.91 Å². The van der Waals surface area contributed by atoms with E-state index in [2.05, 4.69) is 5.32 Å². The van der Waals surface area contributed by atoms with Gasteiger partial charge in [-0.1, -0.05) is 17.7 Å². The van der Waals surface area contributed by atoms with Crippen LogP contribution in [-0.2, 0) is 11.3 Å². The number of ether oxygens (including phenoxy) is 1. The number of hydrogen-bond acceptors (Lipinski definition) is 3. The normalized spacial score (nSPS) is 9.80. The monoisotopic (exact) mass is 208 g/mol. The molecule has 1 amide bonds. The summed E-state index contributed by atoms with van der Waals surface area (Å²) in [6.07, 6.45) is 0. The third kappa shape index (κ3) is 3.25. The van der Waals surface area contributed by atoms with E-state index < -0.39 is 0 Å². The second-order valence-corrected chi connectivity index (χ2v) is 3.30. The van der Waals surface area contributed by atoms with Gasteiger partial charge in [0.2, 0.25) is 5.91 Å². The molecule has 0 fully saturated rings. The van der Waals surface area contributed by atoms with Crippen molar-refractivity contribution in [1.29, 1.82) is 0 Å². The van der Waals surface area contributed by atoms with Crippen molar-refractivity contribution in [3.8, 4) is 5.75 Å². The minimum absolute atomic E-state index is 0.00807. The fourth-order valence-electron chi connectivity index (χ4n) is 1.31. The average molecular weight is 208 g/mol. The zero-order valence-electron chi connectivity index (χ0n) is 9.04. The van der Waals surface area contributed by atoms with Crippen LogP contribution in [0, 0.1) is 6.92 Å². The number of aryl methyl sites for hydroxylation is 1. The summed E-state index contributed by atoms with van der Waals surface area (Å²) in [6, 6.07) is 5.84. The standard InChI is InChI=1S/C11H16N2O2/c1-8-3-4-10(15-2)9(5-8)7-13-11(14)6-12/h3-5H,6-7,12H2,1-2H3,(H,13,14). The quantitative estimate of drug-likeness (QED) is 0.760. The number of methoxy groups -OCH3 is 1. The van der Waals surface area contributed by atoms with Gasteiger partial charge in [0.1, 0.15) is 5.75 Å². The Morgan fingerprint density at radius 1 is 1.53 bits per heavy atom. The van der Waals surface area contributed by atoms with E-state index in [9.17, 15) is 4.79 Å². The van der Waals surface area contributed by atoms with E-state index >= 15 is 0 Å². The Bertz CT molecular complexity index is 350. The second kappa shape index (κ2) is 5.36. The van der Waals surface area contributed by atoms with E-state index in [4.69, 9.17) is 10.5 Å². The fraction of sp³-hybridized carbons (Fsp3) is 0.364. The van der Waals surface area contributed by atoms with Crippen LogP contribution in [0.25, 0.3) is 0 Å². The van der Waals surface area contributed by atoms with E-state index in [-0.39, 0.29) is 12.5 Å². The van der Waals surface area contributed by atoms with Crippen molar-refractivity contribution in [1.82, 2.24) is 5.32 Å². The zero-order valence-corrected chi connectivity index (χ0v) is 9.04. The predicted molar refractivity (Wildman–Crippen MR) is 58.6 cm³/mol. The smallest absolute Gasteiger partial charge is 0.234 e. The highest BCUT2D eigenvalue weighted by Crippen LogP contribution is 2.19. The van der Waals surface area contributed by atoms with Gasteiger partial charge in [-0.2, -0.15) is 0 Å². The van der Waals surface area contributed by atoms with Gasteiger partial charge in [0, 0.05) is 12.1 Å². The topological polar surface area (TPSA) is 64.3 Å². The molecule has 15 heavy (non-hydrogen) atoms. The Morgan fingerprint density at radius 3 is 2.87 bits per heavy atom. The van der Waals surface area contributed by atoms with E-state index in [1.807, 2.05) is 25.1 Å². The van der Waals surface area contributed by atoms with Crippen LogP contribution in [0.4, 0.5) is 0 Å². The van der Waals surface area contributed by atoms with Crippen molar-refractivity contribution in [2.24, 2.45) is 5.73 Å². The first-order valence-electron chi connectivity index (χ1n) is 4.77. The molecule has 0 atom stereocenters. The highest BCUT2D eigenvalue weighted by molar-refractivity contribution is 5.77. The highest BCUT2D eigenvalue weighted by atomic mass is 16.5. The van der Waals surface area contributed by atoms with Crippen LogP contribution < -0.4 is 15.8 Å². The van der Waals surface area contributed by atoms with Crippen molar-refractivity contribution in [3.63, 3.8) is 0 Å². The van der Waals surface area contributed by atoms with E-state index in [0.717, 1.165) is 16.9 Å². The van der Waals surface area contributed by atoms with Crippen LogP contribution >= 0.6 is 0 Å². The number of nitrogens with two attached hydrogens (primary N) is 1. The Morgan fingerprint density at radius 2 is 2.27 bits per heavy atom. The fourth-order valence-corrected chi connectivity index (χ4v) is 1.31. The van der Waals surface area contributed by atoms with Crippen LogP contribution in [0.5, 0.6) is 5.75 Å². The lowest BCUT2D eigenvalue weighted by atomic mass is 10.1. The summed E-state index contributed by atoms with van der Waals surface area (Å²) in [4.78, 5) is 11.0. The van der Waals surface area contributed by atoms with Crippen LogP contribution in [-0.4, -0.2) is 19.6 Å². The van der Waals surface area contributed by atoms with Crippen LogP contribution in [0.1, 0.15) is 11.1 Å². The third-order valence-corrected chi connectivity index (χ3v) is 2.10. The van der Waals surface area contributed by atoms with Crippen molar-refractivity contribution in [2.45, 2.75) is 13.5 Å². The first-order chi connectivity index (χ1) is 7.17. The summed E-state index contributed by atoms with van der Waals surface area (Å²) in [5, 5.41) is 2.71. The molecule has 1 aromatic rings. The molecule has 0 saturated heterocycles. The molecule has 3 N–H and O–H groups in total. The lowest BCUT2D eigenvalue weighted by molar-refractivity contribution is -0.119. The molecule has 0 spiro atoms. The van der Waals surface area contributed by atoms with Gasteiger partial charge in [-0.05, 0) is 13.0 Å². The van der Waals surface area contributed by atoms with Gasteiger partial charge in [0.05, 0.1) is 13.7 Å². The molecule has 4 nitrogen and oxygen atoms in total. The SMILES string of the molecule is COc1ccc(C)cc1CNC(=O)CN. The maximum atomic E-state index is 11.0. The van der Waals surface area contributed by atoms with Gasteiger partial charge in [-0.25, -0.2) is 0 Å². The molecule has 0 aliphatic carbocycles. The molecule has 82 valence electrons. The number of benzene rings is 1. The maximum absolute atomic E-state index is 11.0. The van der Waals surface area contributed by atoms with Crippen LogP contribution in [0.3, 0.4) is 0 Å². The number of carbonyl (C=O) groups excluding carboxylic acids is 1. The molecule has 1 aromatic carbocycles. The second-order valence-electron chi connectivity index (χ2n) is 3.30. The number of hydrogen-bond donors (Lipinski definition) is 2. The van der Waals surface area contributed by atoms with Gasteiger partial charge < -0.3 is 15.8 Å². The largest absolute Gasteiger partial charge is 0.496 e. The summed E-state index contributed by atoms with van der Waals surface area (Å²) in [7, 11) is 1.61. The molecule has 0 aliphatic heterocycles. The first-order valence-corrected chi connectivity index (χ1v) is 4.77. The molecule has 0 aliphatic rings. The summed E-state index contributed by atoms with van der Waals surface area (Å²) in [5.74, 6) is 0.608. The number of nitrogens with one attached hydrogen (secondary N) is 1. The Balaban J connectivity index is 2.74. The minimum Gasteiger partial charge on any atom is -0.496 e. The highest BCUT2D eigenvalue weighted by Gasteiger charge is 2.04. The summed E-state index contributed by atoms with van der Waals surface area (Å²) < 4.78 is 5.18. The Kier molecular flexibility index (Phi) is 4.12. The van der Waals surface area contributed by atoms with Crippen molar-refractivity contribution in [2.75, 3.05) is 13.7 Å². The predicted octanol–water partition coefficient (Wildman–Crippen LogP) is 0.579. The van der Waals surface area contributed by atoms with Crippen molar-refractivity contribution in [3.05, 3.63) is 29.3 Å². The lowest BCUT2D eigenvalue weighted by Crippen LogP contribution is -2.29. The number of rotatable bonds is 4. The average Bonchev–Trinajstić information content (AvgIpc) is 2.26. The molecule has 0 aromatic heterocycles. The Labute approximate surface area is 89.4 Å². The minimum atomic E-state index is -0.168. The molecule has 0 unspecified atom stereocenters. The maximum Gasteiger partial charge on any atom is 0.234 e. The van der Waals surface area contributed by atoms with Gasteiger partial charge in [0.15, 0.2) is 0 Å². The van der Waals surface area contributed by atoms with Crippen molar-refractivity contribution < 1.29 is 9.53 Å². The van der Waals surface area contributed by atoms with Gasteiger partial charge >= 0.3 is 0 Å².